The van der Waals surface area contributed by atoms with Gasteiger partial charge in [0.25, 0.3) is 5.69 Å². The second-order valence-electron chi connectivity index (χ2n) is 4.64. The van der Waals surface area contributed by atoms with Crippen LogP contribution in [0.4, 0.5) is 5.69 Å². The Kier molecular flexibility index (Phi) is 3.07. The van der Waals surface area contributed by atoms with Crippen LogP contribution in [0.15, 0.2) is 29.1 Å². The molecule has 0 spiro atoms. The molecular formula is C12H13N5O3. The molecule has 1 aliphatic rings. The Morgan fingerprint density at radius 1 is 1.35 bits per heavy atom. The lowest BCUT2D eigenvalue weighted by molar-refractivity contribution is -0.384. The largest absolute Gasteiger partial charge is 0.347 e. The number of nitro benzene ring substituents is 1. The first-order chi connectivity index (χ1) is 9.66. The van der Waals surface area contributed by atoms with E-state index in [9.17, 15) is 14.9 Å². The minimum Gasteiger partial charge on any atom is -0.307 e. The Labute approximate surface area is 113 Å². The Hall–Kier alpha value is -2.48. The first-order valence-electron chi connectivity index (χ1n) is 6.32. The van der Waals surface area contributed by atoms with Crippen molar-refractivity contribution in [3.8, 4) is 5.69 Å². The average molecular weight is 275 g/mol. The van der Waals surface area contributed by atoms with Crippen LogP contribution < -0.4 is 11.0 Å². The van der Waals surface area contributed by atoms with E-state index >= 15 is 0 Å². The van der Waals surface area contributed by atoms with E-state index in [2.05, 4.69) is 15.5 Å². The number of non-ortho nitro benzene ring substituents is 1. The number of nitrogens with zero attached hydrogens (tertiary/aromatic N) is 3. The van der Waals surface area contributed by atoms with Gasteiger partial charge in [-0.15, -0.1) is 0 Å². The molecule has 8 nitrogen and oxygen atoms in total. The SMILES string of the molecule is O=c1[nH]nc(C2CCCN2)n1-c1ccc([N+](=O)[O-])cc1. The van der Waals surface area contributed by atoms with Crippen molar-refractivity contribution in [1.82, 2.24) is 20.1 Å². The molecule has 2 heterocycles. The van der Waals surface area contributed by atoms with E-state index in [0.29, 0.717) is 11.5 Å². The molecule has 1 aromatic carbocycles. The fourth-order valence-electron chi connectivity index (χ4n) is 2.42. The average Bonchev–Trinajstić information content (AvgIpc) is 3.07. The van der Waals surface area contributed by atoms with Crippen LogP contribution in [0.5, 0.6) is 0 Å². The molecule has 2 N–H and O–H groups in total. The minimum absolute atomic E-state index is 0.00849. The second kappa shape index (κ2) is 4.89. The minimum atomic E-state index is -0.471. The van der Waals surface area contributed by atoms with Gasteiger partial charge in [-0.2, -0.15) is 5.10 Å². The zero-order chi connectivity index (χ0) is 14.1. The van der Waals surface area contributed by atoms with Gasteiger partial charge < -0.3 is 5.32 Å². The lowest BCUT2D eigenvalue weighted by Gasteiger charge is -2.11. The number of aromatic nitrogens is 3. The smallest absolute Gasteiger partial charge is 0.307 e. The van der Waals surface area contributed by atoms with E-state index in [1.807, 2.05) is 0 Å². The lowest BCUT2D eigenvalue weighted by Crippen LogP contribution is -2.22. The summed E-state index contributed by atoms with van der Waals surface area (Å²) in [6.07, 6.45) is 1.95. The maximum Gasteiger partial charge on any atom is 0.347 e. The van der Waals surface area contributed by atoms with E-state index in [0.717, 1.165) is 19.4 Å². The molecule has 1 unspecified atom stereocenters. The molecule has 20 heavy (non-hydrogen) atoms. The number of nitrogens with one attached hydrogen (secondary N) is 2. The standard InChI is InChI=1S/C12H13N5O3/c18-12-15-14-11(10-2-1-7-13-10)16(12)8-3-5-9(6-4-8)17(19)20/h3-6,10,13H,1-2,7H2,(H,15,18). The summed E-state index contributed by atoms with van der Waals surface area (Å²) in [4.78, 5) is 22.1. The summed E-state index contributed by atoms with van der Waals surface area (Å²) in [5, 5.41) is 20.4. The van der Waals surface area contributed by atoms with Gasteiger partial charge in [-0.25, -0.2) is 14.5 Å². The Balaban J connectivity index is 2.02. The van der Waals surface area contributed by atoms with Crippen molar-refractivity contribution in [1.29, 1.82) is 0 Å². The molecule has 1 fully saturated rings. The second-order valence-corrected chi connectivity index (χ2v) is 4.64. The fraction of sp³-hybridized carbons (Fsp3) is 0.333. The van der Waals surface area contributed by atoms with Gasteiger partial charge >= 0.3 is 5.69 Å². The molecule has 8 heteroatoms. The number of H-pyrrole nitrogens is 1. The molecule has 0 bridgehead atoms. The summed E-state index contributed by atoms with van der Waals surface area (Å²) in [6, 6.07) is 5.88. The van der Waals surface area contributed by atoms with Crippen LogP contribution in [-0.2, 0) is 0 Å². The number of hydrogen-bond acceptors (Lipinski definition) is 5. The lowest BCUT2D eigenvalue weighted by atomic mass is 10.2. The summed E-state index contributed by atoms with van der Waals surface area (Å²) in [5.41, 5.74) is 0.214. The molecule has 0 amide bonds. The molecule has 1 aromatic heterocycles. The molecule has 1 saturated heterocycles. The third-order valence-corrected chi connectivity index (χ3v) is 3.39. The summed E-state index contributed by atoms with van der Waals surface area (Å²) in [6.45, 7) is 0.895. The Morgan fingerprint density at radius 2 is 2.10 bits per heavy atom. The summed E-state index contributed by atoms with van der Waals surface area (Å²) < 4.78 is 1.45. The maximum absolute atomic E-state index is 11.9. The van der Waals surface area contributed by atoms with Crippen LogP contribution in [0.1, 0.15) is 24.7 Å². The molecule has 1 aliphatic heterocycles. The van der Waals surface area contributed by atoms with Crippen molar-refractivity contribution in [2.45, 2.75) is 18.9 Å². The topological polar surface area (TPSA) is 106 Å². The summed E-state index contributed by atoms with van der Waals surface area (Å²) in [7, 11) is 0. The van der Waals surface area contributed by atoms with Gasteiger partial charge in [-0.3, -0.25) is 10.1 Å². The third-order valence-electron chi connectivity index (χ3n) is 3.39. The zero-order valence-electron chi connectivity index (χ0n) is 10.6. The first kappa shape index (κ1) is 12.5. The highest BCUT2D eigenvalue weighted by molar-refractivity contribution is 5.41. The van der Waals surface area contributed by atoms with E-state index in [-0.39, 0.29) is 17.4 Å². The van der Waals surface area contributed by atoms with Gasteiger partial charge in [-0.05, 0) is 31.5 Å². The molecule has 2 aromatic rings. The van der Waals surface area contributed by atoms with Crippen LogP contribution in [0.25, 0.3) is 5.69 Å². The van der Waals surface area contributed by atoms with E-state index in [1.54, 1.807) is 12.1 Å². The number of nitro groups is 1. The van der Waals surface area contributed by atoms with Crippen molar-refractivity contribution in [3.63, 3.8) is 0 Å². The molecule has 1 atom stereocenters. The highest BCUT2D eigenvalue weighted by atomic mass is 16.6. The molecule has 0 radical (unpaired) electrons. The highest BCUT2D eigenvalue weighted by Crippen LogP contribution is 2.23. The van der Waals surface area contributed by atoms with Crippen LogP contribution in [0, 0.1) is 10.1 Å². The first-order valence-corrected chi connectivity index (χ1v) is 6.32. The molecule has 0 aliphatic carbocycles. The Bertz CT molecular complexity index is 682. The number of hydrogen-bond donors (Lipinski definition) is 2. The van der Waals surface area contributed by atoms with Crippen LogP contribution >= 0.6 is 0 Å². The van der Waals surface area contributed by atoms with Gasteiger partial charge in [0.2, 0.25) is 0 Å². The predicted octanol–water partition coefficient (Wildman–Crippen LogP) is 0.893. The van der Waals surface area contributed by atoms with Crippen molar-refractivity contribution >= 4 is 5.69 Å². The van der Waals surface area contributed by atoms with Crippen molar-refractivity contribution in [2.24, 2.45) is 0 Å². The third kappa shape index (κ3) is 2.10. The normalized spacial score (nSPS) is 18.3. The van der Waals surface area contributed by atoms with E-state index in [4.69, 9.17) is 0 Å². The van der Waals surface area contributed by atoms with Crippen LogP contribution in [0.3, 0.4) is 0 Å². The van der Waals surface area contributed by atoms with Crippen LogP contribution in [0.2, 0.25) is 0 Å². The molecular weight excluding hydrogens is 262 g/mol. The Morgan fingerprint density at radius 3 is 2.70 bits per heavy atom. The van der Waals surface area contributed by atoms with Crippen molar-refractivity contribution in [2.75, 3.05) is 6.54 Å². The molecule has 104 valence electrons. The quantitative estimate of drug-likeness (QED) is 0.639. The van der Waals surface area contributed by atoms with Crippen molar-refractivity contribution in [3.05, 3.63) is 50.7 Å². The summed E-state index contributed by atoms with van der Waals surface area (Å²) in [5.74, 6) is 0.612. The number of benzene rings is 1. The van der Waals surface area contributed by atoms with E-state index in [1.165, 1.54) is 16.7 Å². The van der Waals surface area contributed by atoms with Gasteiger partial charge in [0.15, 0.2) is 5.82 Å². The number of aromatic amines is 1. The fourth-order valence-corrected chi connectivity index (χ4v) is 2.42. The van der Waals surface area contributed by atoms with Gasteiger partial charge in [0.1, 0.15) is 0 Å². The van der Waals surface area contributed by atoms with Gasteiger partial charge in [-0.1, -0.05) is 0 Å². The zero-order valence-corrected chi connectivity index (χ0v) is 10.6. The van der Waals surface area contributed by atoms with E-state index < -0.39 is 4.92 Å². The van der Waals surface area contributed by atoms with Crippen molar-refractivity contribution < 1.29 is 4.92 Å². The van der Waals surface area contributed by atoms with Crippen LogP contribution in [-0.4, -0.2) is 26.2 Å². The highest BCUT2D eigenvalue weighted by Gasteiger charge is 2.23. The molecule has 0 saturated carbocycles. The monoisotopic (exact) mass is 275 g/mol. The molecule has 3 rings (SSSR count). The van der Waals surface area contributed by atoms with Gasteiger partial charge in [0, 0.05) is 12.1 Å². The number of rotatable bonds is 3. The predicted molar refractivity (Wildman–Crippen MR) is 70.8 cm³/mol. The van der Waals surface area contributed by atoms with Gasteiger partial charge in [0.05, 0.1) is 16.7 Å². The summed E-state index contributed by atoms with van der Waals surface area (Å²) >= 11 is 0. The maximum atomic E-state index is 11.9.